The number of ether oxygens (including phenoxy) is 1. The molecule has 0 aliphatic carbocycles. The van der Waals surface area contributed by atoms with Crippen molar-refractivity contribution in [3.05, 3.63) is 51.5 Å². The van der Waals surface area contributed by atoms with E-state index in [0.717, 1.165) is 27.2 Å². The molecule has 2 aromatic carbocycles. The Morgan fingerprint density at radius 1 is 1.24 bits per heavy atom. The molecular formula is C16H12Br2I2N2O3. The number of hydrogen-bond donors (Lipinski definition) is 2. The highest BCUT2D eigenvalue weighted by Gasteiger charge is 2.10. The van der Waals surface area contributed by atoms with Crippen LogP contribution in [0.25, 0.3) is 0 Å². The summed E-state index contributed by atoms with van der Waals surface area (Å²) in [6, 6.07) is 7.35. The van der Waals surface area contributed by atoms with Crippen molar-refractivity contribution in [2.75, 3.05) is 6.61 Å². The van der Waals surface area contributed by atoms with Gasteiger partial charge in [0.25, 0.3) is 5.91 Å². The number of aryl methyl sites for hydroxylation is 1. The van der Waals surface area contributed by atoms with Crippen LogP contribution < -0.4 is 10.2 Å². The van der Waals surface area contributed by atoms with Crippen LogP contribution in [0, 0.1) is 14.1 Å². The van der Waals surface area contributed by atoms with Crippen molar-refractivity contribution in [3.63, 3.8) is 0 Å². The third kappa shape index (κ3) is 6.07. The second kappa shape index (κ2) is 9.51. The predicted octanol–water partition coefficient (Wildman–Crippen LogP) is 4.96. The Balaban J connectivity index is 1.93. The van der Waals surface area contributed by atoms with E-state index >= 15 is 0 Å². The molecule has 2 N–H and O–H groups in total. The Morgan fingerprint density at radius 2 is 1.80 bits per heavy atom. The first-order chi connectivity index (χ1) is 11.8. The van der Waals surface area contributed by atoms with Gasteiger partial charge in [0, 0.05) is 0 Å². The number of amides is 1. The van der Waals surface area contributed by atoms with Gasteiger partial charge >= 0.3 is 0 Å². The smallest absolute Gasteiger partial charge is 0.277 e. The van der Waals surface area contributed by atoms with Gasteiger partial charge in [-0.1, -0.05) is 0 Å². The fourth-order valence-electron chi connectivity index (χ4n) is 1.83. The SMILES string of the molecule is Cc1cc(Br)c(OCC(=O)N/N=C/c2cc(I)c(O)c(I)c2)c(Br)c1. The molecule has 0 saturated carbocycles. The molecule has 2 rings (SSSR count). The third-order valence-electron chi connectivity index (χ3n) is 2.93. The fraction of sp³-hybridized carbons (Fsp3) is 0.125. The van der Waals surface area contributed by atoms with Gasteiger partial charge in [-0.25, -0.2) is 5.43 Å². The minimum Gasteiger partial charge on any atom is -0.506 e. The number of hydrazone groups is 1. The first kappa shape index (κ1) is 20.9. The van der Waals surface area contributed by atoms with Crippen LogP contribution in [0.5, 0.6) is 11.5 Å². The average molecular weight is 694 g/mol. The molecule has 0 aromatic heterocycles. The molecule has 132 valence electrons. The van der Waals surface area contributed by atoms with Gasteiger partial charge in [0.1, 0.15) is 11.5 Å². The van der Waals surface area contributed by atoms with Crippen molar-refractivity contribution in [2.45, 2.75) is 6.92 Å². The van der Waals surface area contributed by atoms with Crippen LogP contribution >= 0.6 is 77.0 Å². The Labute approximate surface area is 189 Å². The first-order valence-electron chi connectivity index (χ1n) is 6.86. The highest BCUT2D eigenvalue weighted by Crippen LogP contribution is 2.34. The molecule has 1 amide bonds. The number of nitrogens with one attached hydrogen (secondary N) is 1. The van der Waals surface area contributed by atoms with E-state index in [9.17, 15) is 9.90 Å². The van der Waals surface area contributed by atoms with E-state index < -0.39 is 0 Å². The summed E-state index contributed by atoms with van der Waals surface area (Å²) in [5, 5.41) is 13.6. The molecule has 25 heavy (non-hydrogen) atoms. The van der Waals surface area contributed by atoms with E-state index in [0.29, 0.717) is 5.75 Å². The Morgan fingerprint density at radius 3 is 2.36 bits per heavy atom. The third-order valence-corrected chi connectivity index (χ3v) is 5.76. The number of carbonyl (C=O) groups excluding carboxylic acids is 1. The monoisotopic (exact) mass is 692 g/mol. The van der Waals surface area contributed by atoms with Crippen LogP contribution in [0.15, 0.2) is 38.3 Å². The molecular weight excluding hydrogens is 682 g/mol. The zero-order valence-corrected chi connectivity index (χ0v) is 20.3. The van der Waals surface area contributed by atoms with Gasteiger partial charge < -0.3 is 9.84 Å². The number of halogens is 4. The van der Waals surface area contributed by atoms with Gasteiger partial charge in [-0.15, -0.1) is 0 Å². The number of rotatable bonds is 5. The lowest BCUT2D eigenvalue weighted by molar-refractivity contribution is -0.123. The molecule has 0 unspecified atom stereocenters. The number of aromatic hydroxyl groups is 1. The lowest BCUT2D eigenvalue weighted by Crippen LogP contribution is -2.24. The van der Waals surface area contributed by atoms with Gasteiger partial charge in [-0.3, -0.25) is 4.79 Å². The molecule has 0 bridgehead atoms. The van der Waals surface area contributed by atoms with E-state index in [1.54, 1.807) is 12.1 Å². The maximum atomic E-state index is 11.9. The van der Waals surface area contributed by atoms with Crippen molar-refractivity contribution in [3.8, 4) is 11.5 Å². The van der Waals surface area contributed by atoms with E-state index in [4.69, 9.17) is 4.74 Å². The van der Waals surface area contributed by atoms with Crippen LogP contribution in [0.3, 0.4) is 0 Å². The zero-order valence-electron chi connectivity index (χ0n) is 12.8. The summed E-state index contributed by atoms with van der Waals surface area (Å²) in [6.45, 7) is 1.80. The predicted molar refractivity (Wildman–Crippen MR) is 121 cm³/mol. The van der Waals surface area contributed by atoms with E-state index in [2.05, 4.69) is 42.4 Å². The van der Waals surface area contributed by atoms with Crippen molar-refractivity contribution in [2.24, 2.45) is 5.10 Å². The number of nitrogens with zero attached hydrogens (tertiary/aromatic N) is 1. The van der Waals surface area contributed by atoms with E-state index in [1.165, 1.54) is 6.21 Å². The number of benzene rings is 2. The van der Waals surface area contributed by atoms with Crippen LogP contribution in [0.4, 0.5) is 0 Å². The number of phenols is 1. The van der Waals surface area contributed by atoms with Gasteiger partial charge in [0.15, 0.2) is 6.61 Å². The van der Waals surface area contributed by atoms with Crippen LogP contribution in [0.1, 0.15) is 11.1 Å². The molecule has 0 saturated heterocycles. The van der Waals surface area contributed by atoms with Gasteiger partial charge in [-0.2, -0.15) is 5.10 Å². The van der Waals surface area contributed by atoms with Gasteiger partial charge in [-0.05, 0) is 119 Å². The van der Waals surface area contributed by atoms with E-state index in [1.807, 2.05) is 64.2 Å². The molecule has 9 heteroatoms. The fourth-order valence-corrected chi connectivity index (χ4v) is 5.29. The molecule has 0 aliphatic heterocycles. The normalized spacial score (nSPS) is 10.9. The second-order valence-corrected chi connectivity index (χ2v) is 9.01. The highest BCUT2D eigenvalue weighted by molar-refractivity contribution is 14.1. The molecule has 5 nitrogen and oxygen atoms in total. The van der Waals surface area contributed by atoms with Crippen molar-refractivity contribution in [1.82, 2.24) is 5.43 Å². The average Bonchev–Trinajstić information content (AvgIpc) is 2.51. The summed E-state index contributed by atoms with van der Waals surface area (Å²) >= 11 is 10.9. The standard InChI is InChI=1S/C16H12Br2I2N2O3/c1-8-2-10(17)16(11(18)3-8)25-7-14(23)22-21-6-9-4-12(19)15(24)13(20)5-9/h2-6,24H,7H2,1H3,(H,22,23)/b21-6+. The Bertz CT molecular complexity index is 798. The number of phenolic OH excluding ortho intramolecular Hbond substituents is 1. The summed E-state index contributed by atoms with van der Waals surface area (Å²) in [6.07, 6.45) is 1.51. The lowest BCUT2D eigenvalue weighted by Gasteiger charge is -2.10. The quantitative estimate of drug-likeness (QED) is 0.264. The summed E-state index contributed by atoms with van der Waals surface area (Å²) in [5.41, 5.74) is 4.26. The molecule has 0 spiro atoms. The minimum atomic E-state index is -0.376. The van der Waals surface area contributed by atoms with Crippen molar-refractivity contribution >= 4 is 89.2 Å². The van der Waals surface area contributed by atoms with Crippen molar-refractivity contribution in [1.29, 1.82) is 0 Å². The molecule has 0 aliphatic rings. The maximum Gasteiger partial charge on any atom is 0.277 e. The van der Waals surface area contributed by atoms with Gasteiger partial charge in [0.05, 0.1) is 22.3 Å². The Kier molecular flexibility index (Phi) is 7.95. The van der Waals surface area contributed by atoms with E-state index in [-0.39, 0.29) is 18.3 Å². The summed E-state index contributed by atoms with van der Waals surface area (Å²) in [5.74, 6) is 0.427. The largest absolute Gasteiger partial charge is 0.506 e. The first-order valence-corrected chi connectivity index (χ1v) is 10.6. The molecule has 0 heterocycles. The topological polar surface area (TPSA) is 70.9 Å². The summed E-state index contributed by atoms with van der Waals surface area (Å²) < 4.78 is 8.50. The number of hydrogen-bond acceptors (Lipinski definition) is 4. The maximum absolute atomic E-state index is 11.9. The van der Waals surface area contributed by atoms with Crippen molar-refractivity contribution < 1.29 is 14.6 Å². The minimum absolute atomic E-state index is 0.164. The molecule has 0 atom stereocenters. The Hall–Kier alpha value is -0.400. The molecule has 0 radical (unpaired) electrons. The highest BCUT2D eigenvalue weighted by atomic mass is 127. The molecule has 0 fully saturated rings. The molecule has 2 aromatic rings. The lowest BCUT2D eigenvalue weighted by atomic mass is 10.2. The second-order valence-electron chi connectivity index (χ2n) is 4.97. The summed E-state index contributed by atoms with van der Waals surface area (Å²) in [7, 11) is 0. The van der Waals surface area contributed by atoms with Gasteiger partial charge in [0.2, 0.25) is 0 Å². The number of carbonyl (C=O) groups is 1. The van der Waals surface area contributed by atoms with Crippen LogP contribution in [0.2, 0.25) is 0 Å². The van der Waals surface area contributed by atoms with Crippen LogP contribution in [-0.2, 0) is 4.79 Å². The summed E-state index contributed by atoms with van der Waals surface area (Å²) in [4.78, 5) is 11.9. The zero-order chi connectivity index (χ0) is 18.6. The van der Waals surface area contributed by atoms with Crippen LogP contribution in [-0.4, -0.2) is 23.8 Å².